The fraction of sp³-hybridized carbons (Fsp3) is 0.357. The zero-order valence-corrected chi connectivity index (χ0v) is 10.9. The molecule has 0 N–H and O–H groups in total. The summed E-state index contributed by atoms with van der Waals surface area (Å²) in [7, 11) is 1.61. The van der Waals surface area contributed by atoms with Crippen LogP contribution in [0.25, 0.3) is 11.4 Å². The molecule has 0 radical (unpaired) electrons. The average molecular weight is 280 g/mol. The van der Waals surface area contributed by atoms with Crippen LogP contribution in [0.2, 0.25) is 0 Å². The van der Waals surface area contributed by atoms with Gasteiger partial charge in [-0.1, -0.05) is 0 Å². The van der Waals surface area contributed by atoms with E-state index in [2.05, 4.69) is 4.98 Å². The van der Waals surface area contributed by atoms with E-state index in [1.54, 1.807) is 19.5 Å². The minimum Gasteiger partial charge on any atom is -0.377 e. The van der Waals surface area contributed by atoms with Crippen molar-refractivity contribution in [3.63, 3.8) is 0 Å². The Balaban J connectivity index is 2.01. The van der Waals surface area contributed by atoms with E-state index in [0.717, 1.165) is 6.07 Å². The zero-order valence-electron chi connectivity index (χ0n) is 10.9. The Morgan fingerprint density at radius 1 is 1.35 bits per heavy atom. The first-order chi connectivity index (χ1) is 9.70. The van der Waals surface area contributed by atoms with Crippen LogP contribution in [-0.2, 0) is 9.47 Å². The number of benzene rings is 1. The number of methoxy groups -OCH3 is 1. The molecule has 0 spiro atoms. The highest BCUT2D eigenvalue weighted by Gasteiger charge is 2.31. The van der Waals surface area contributed by atoms with E-state index in [9.17, 15) is 8.78 Å². The van der Waals surface area contributed by atoms with Crippen molar-refractivity contribution in [3.05, 3.63) is 42.2 Å². The van der Waals surface area contributed by atoms with Crippen molar-refractivity contribution in [1.82, 2.24) is 9.55 Å². The first-order valence-corrected chi connectivity index (χ1v) is 6.29. The van der Waals surface area contributed by atoms with E-state index >= 15 is 0 Å². The fourth-order valence-corrected chi connectivity index (χ4v) is 2.47. The minimum atomic E-state index is -0.634. The predicted octanol–water partition coefficient (Wildman–Crippen LogP) is 2.41. The number of imidazole rings is 1. The molecule has 2 atom stereocenters. The molecule has 1 aromatic carbocycles. The van der Waals surface area contributed by atoms with Crippen molar-refractivity contribution < 1.29 is 18.3 Å². The van der Waals surface area contributed by atoms with E-state index in [0.29, 0.717) is 19.0 Å². The smallest absolute Gasteiger partial charge is 0.143 e. The normalized spacial score (nSPS) is 22.4. The molecule has 20 heavy (non-hydrogen) atoms. The molecule has 6 heteroatoms. The highest BCUT2D eigenvalue weighted by Crippen LogP contribution is 2.29. The minimum absolute atomic E-state index is 0.0676. The summed E-state index contributed by atoms with van der Waals surface area (Å²) in [6.45, 7) is 0.968. The van der Waals surface area contributed by atoms with Crippen molar-refractivity contribution in [2.75, 3.05) is 20.3 Å². The van der Waals surface area contributed by atoms with E-state index in [1.165, 1.54) is 12.1 Å². The first kappa shape index (κ1) is 13.2. The van der Waals surface area contributed by atoms with Gasteiger partial charge in [-0.3, -0.25) is 0 Å². The van der Waals surface area contributed by atoms with E-state index in [1.807, 2.05) is 4.57 Å². The molecule has 2 heterocycles. The lowest BCUT2D eigenvalue weighted by molar-refractivity contribution is 0.0688. The molecule has 0 unspecified atom stereocenters. The molecule has 3 rings (SSSR count). The third-order valence-electron chi connectivity index (χ3n) is 3.50. The quantitative estimate of drug-likeness (QED) is 0.866. The number of rotatable bonds is 3. The number of hydrogen-bond acceptors (Lipinski definition) is 3. The second-order valence-corrected chi connectivity index (χ2v) is 4.66. The van der Waals surface area contributed by atoms with E-state index < -0.39 is 11.6 Å². The molecule has 0 bridgehead atoms. The van der Waals surface area contributed by atoms with E-state index in [4.69, 9.17) is 9.47 Å². The molecule has 106 valence electrons. The Morgan fingerprint density at radius 2 is 2.20 bits per heavy atom. The molecule has 4 nitrogen and oxygen atoms in total. The van der Waals surface area contributed by atoms with Gasteiger partial charge in [-0.25, -0.2) is 13.8 Å². The largest absolute Gasteiger partial charge is 0.377 e. The Hall–Kier alpha value is -1.79. The lowest BCUT2D eigenvalue weighted by Gasteiger charge is -2.20. The SMILES string of the molecule is CO[C@H]1COC[C@H]1n1ccnc1-c1ccc(F)cc1F. The standard InChI is InChI=1S/C14H14F2N2O2/c1-19-13-8-20-7-12(13)18-5-4-17-14(18)10-3-2-9(15)6-11(10)16/h2-6,12-13H,7-8H2,1H3/t12-,13+/m1/s1. The summed E-state index contributed by atoms with van der Waals surface area (Å²) >= 11 is 0. The van der Waals surface area contributed by atoms with Crippen molar-refractivity contribution in [2.24, 2.45) is 0 Å². The lowest BCUT2D eigenvalue weighted by atomic mass is 10.1. The first-order valence-electron chi connectivity index (χ1n) is 6.29. The third-order valence-corrected chi connectivity index (χ3v) is 3.50. The maximum atomic E-state index is 13.9. The van der Waals surface area contributed by atoms with Gasteiger partial charge in [-0.2, -0.15) is 0 Å². The number of nitrogens with zero attached hydrogens (tertiary/aromatic N) is 2. The predicted molar refractivity (Wildman–Crippen MR) is 68.2 cm³/mol. The molecular weight excluding hydrogens is 266 g/mol. The van der Waals surface area contributed by atoms with Gasteiger partial charge in [0.05, 0.1) is 24.8 Å². The highest BCUT2D eigenvalue weighted by molar-refractivity contribution is 5.56. The highest BCUT2D eigenvalue weighted by atomic mass is 19.1. The molecule has 1 fully saturated rings. The molecule has 2 aromatic rings. The Kier molecular flexibility index (Phi) is 3.50. The Morgan fingerprint density at radius 3 is 2.95 bits per heavy atom. The number of ether oxygens (including phenoxy) is 2. The van der Waals surface area contributed by atoms with Crippen LogP contribution in [-0.4, -0.2) is 36.0 Å². The Labute approximate surface area is 115 Å². The summed E-state index contributed by atoms with van der Waals surface area (Å²) in [6.07, 6.45) is 3.23. The van der Waals surface area contributed by atoms with Crippen LogP contribution in [0.5, 0.6) is 0 Å². The van der Waals surface area contributed by atoms with Gasteiger partial charge < -0.3 is 14.0 Å². The maximum Gasteiger partial charge on any atom is 0.143 e. The zero-order chi connectivity index (χ0) is 14.1. The van der Waals surface area contributed by atoms with Gasteiger partial charge in [0.15, 0.2) is 0 Å². The number of hydrogen-bond donors (Lipinski definition) is 0. The molecule has 0 saturated carbocycles. The summed E-state index contributed by atoms with van der Waals surface area (Å²) in [5.74, 6) is -0.797. The van der Waals surface area contributed by atoms with Gasteiger partial charge in [0.1, 0.15) is 23.6 Å². The third kappa shape index (κ3) is 2.21. The van der Waals surface area contributed by atoms with Gasteiger partial charge in [-0.15, -0.1) is 0 Å². The number of halogens is 2. The summed E-state index contributed by atoms with van der Waals surface area (Å²) in [5.41, 5.74) is 0.262. The average Bonchev–Trinajstić information content (AvgIpc) is 3.06. The van der Waals surface area contributed by atoms with Gasteiger partial charge in [0.2, 0.25) is 0 Å². The van der Waals surface area contributed by atoms with Crippen LogP contribution < -0.4 is 0 Å². The molecular formula is C14H14F2N2O2. The van der Waals surface area contributed by atoms with Gasteiger partial charge in [0.25, 0.3) is 0 Å². The van der Waals surface area contributed by atoms with Crippen LogP contribution in [0.4, 0.5) is 8.78 Å². The second-order valence-electron chi connectivity index (χ2n) is 4.66. The van der Waals surface area contributed by atoms with Gasteiger partial charge in [-0.05, 0) is 12.1 Å². The molecule has 1 aromatic heterocycles. The lowest BCUT2D eigenvalue weighted by Crippen LogP contribution is -2.24. The Bertz CT molecular complexity index is 615. The molecule has 1 aliphatic rings. The van der Waals surface area contributed by atoms with Crippen molar-refractivity contribution in [2.45, 2.75) is 12.1 Å². The van der Waals surface area contributed by atoms with Crippen LogP contribution >= 0.6 is 0 Å². The van der Waals surface area contributed by atoms with Crippen molar-refractivity contribution in [3.8, 4) is 11.4 Å². The van der Waals surface area contributed by atoms with Crippen LogP contribution in [0.3, 0.4) is 0 Å². The van der Waals surface area contributed by atoms with Crippen molar-refractivity contribution >= 4 is 0 Å². The second kappa shape index (κ2) is 5.30. The molecule has 0 aliphatic carbocycles. The summed E-state index contributed by atoms with van der Waals surface area (Å²) in [6, 6.07) is 3.40. The summed E-state index contributed by atoms with van der Waals surface area (Å²) < 4.78 is 39.5. The monoisotopic (exact) mass is 280 g/mol. The molecule has 1 saturated heterocycles. The number of aromatic nitrogens is 2. The van der Waals surface area contributed by atoms with Gasteiger partial charge in [0, 0.05) is 25.6 Å². The molecule has 0 amide bonds. The van der Waals surface area contributed by atoms with Gasteiger partial charge >= 0.3 is 0 Å². The summed E-state index contributed by atoms with van der Waals surface area (Å²) in [4.78, 5) is 4.18. The topological polar surface area (TPSA) is 36.3 Å². The molecule has 1 aliphatic heterocycles. The van der Waals surface area contributed by atoms with E-state index in [-0.39, 0.29) is 17.7 Å². The van der Waals surface area contributed by atoms with Crippen molar-refractivity contribution in [1.29, 1.82) is 0 Å². The van der Waals surface area contributed by atoms with Crippen LogP contribution in [0, 0.1) is 11.6 Å². The van der Waals surface area contributed by atoms with Crippen LogP contribution in [0.1, 0.15) is 6.04 Å². The maximum absolute atomic E-state index is 13.9. The fourth-order valence-electron chi connectivity index (χ4n) is 2.47. The summed E-state index contributed by atoms with van der Waals surface area (Å²) in [5, 5.41) is 0. The van der Waals surface area contributed by atoms with Crippen LogP contribution in [0.15, 0.2) is 30.6 Å².